The molecule has 3 N–H and O–H groups in total. The summed E-state index contributed by atoms with van der Waals surface area (Å²) in [5, 5.41) is 3.03. The van der Waals surface area contributed by atoms with Gasteiger partial charge in [-0.05, 0) is 43.9 Å². The zero-order chi connectivity index (χ0) is 16.4. The molecule has 1 aromatic carbocycles. The Morgan fingerprint density at radius 3 is 2.38 bits per heavy atom. The molecule has 1 heterocycles. The van der Waals surface area contributed by atoms with Gasteiger partial charge in [-0.25, -0.2) is 0 Å². The minimum atomic E-state index is -0.698. The Morgan fingerprint density at radius 1 is 1.21 bits per heavy atom. The summed E-state index contributed by atoms with van der Waals surface area (Å²) in [6.07, 6.45) is 5.13. The number of anilines is 1. The first kappa shape index (κ1) is 18.7. The quantitative estimate of drug-likeness (QED) is 0.875. The van der Waals surface area contributed by atoms with Crippen LogP contribution >= 0.6 is 12.4 Å². The molecule has 1 aromatic rings. The maximum absolute atomic E-state index is 12.4. The lowest BCUT2D eigenvalue weighted by Crippen LogP contribution is -2.52. The lowest BCUT2D eigenvalue weighted by atomic mass is 9.97. The molecule has 0 radical (unpaired) electrons. The molecular formula is C18H26ClN3O2. The fourth-order valence-electron chi connectivity index (χ4n) is 3.52. The number of halogens is 1. The fraction of sp³-hybridized carbons (Fsp3) is 0.556. The Bertz CT molecular complexity index is 597. The van der Waals surface area contributed by atoms with Gasteiger partial charge in [-0.1, -0.05) is 25.0 Å². The van der Waals surface area contributed by atoms with Gasteiger partial charge in [-0.15, -0.1) is 12.4 Å². The highest BCUT2D eigenvalue weighted by molar-refractivity contribution is 5.95. The molecule has 132 valence electrons. The Hall–Kier alpha value is -1.59. The van der Waals surface area contributed by atoms with Gasteiger partial charge >= 0.3 is 0 Å². The van der Waals surface area contributed by atoms with Crippen molar-refractivity contribution >= 4 is 29.9 Å². The second-order valence-electron chi connectivity index (χ2n) is 6.80. The number of hydrogen-bond donors (Lipinski definition) is 2. The summed E-state index contributed by atoms with van der Waals surface area (Å²) in [5.41, 5.74) is 7.45. The van der Waals surface area contributed by atoms with E-state index < -0.39 is 5.54 Å². The number of nitrogens with zero attached hydrogens (tertiary/aromatic N) is 1. The minimum absolute atomic E-state index is 0. The smallest absolute Gasteiger partial charge is 0.240 e. The van der Waals surface area contributed by atoms with Crippen molar-refractivity contribution in [3.05, 3.63) is 29.8 Å². The number of nitrogens with one attached hydrogen (secondary N) is 1. The normalized spacial score (nSPS) is 20.6. The van der Waals surface area contributed by atoms with Gasteiger partial charge in [0.1, 0.15) is 0 Å². The van der Waals surface area contributed by atoms with Gasteiger partial charge in [0.15, 0.2) is 0 Å². The van der Waals surface area contributed by atoms with E-state index in [2.05, 4.69) is 5.32 Å². The van der Waals surface area contributed by atoms with Crippen LogP contribution in [0.5, 0.6) is 0 Å². The van der Waals surface area contributed by atoms with Crippen molar-refractivity contribution in [1.82, 2.24) is 5.32 Å². The van der Waals surface area contributed by atoms with E-state index in [-0.39, 0.29) is 30.3 Å². The molecule has 2 aliphatic rings. The third kappa shape index (κ3) is 3.73. The van der Waals surface area contributed by atoms with E-state index >= 15 is 0 Å². The van der Waals surface area contributed by atoms with Crippen LogP contribution in [-0.4, -0.2) is 23.9 Å². The highest BCUT2D eigenvalue weighted by Gasteiger charge is 2.37. The van der Waals surface area contributed by atoms with Crippen molar-refractivity contribution < 1.29 is 9.59 Å². The second-order valence-corrected chi connectivity index (χ2v) is 6.80. The van der Waals surface area contributed by atoms with Crippen molar-refractivity contribution in [2.75, 3.05) is 11.4 Å². The Labute approximate surface area is 149 Å². The van der Waals surface area contributed by atoms with Crippen LogP contribution in [0.15, 0.2) is 24.3 Å². The topological polar surface area (TPSA) is 75.4 Å². The van der Waals surface area contributed by atoms with Crippen LogP contribution in [0, 0.1) is 0 Å². The summed E-state index contributed by atoms with van der Waals surface area (Å²) in [5.74, 6) is 0.131. The van der Waals surface area contributed by atoms with Gasteiger partial charge in [-0.3, -0.25) is 9.59 Å². The van der Waals surface area contributed by atoms with Crippen molar-refractivity contribution in [2.24, 2.45) is 5.73 Å². The fourth-order valence-corrected chi connectivity index (χ4v) is 3.52. The molecule has 1 saturated heterocycles. The number of rotatable bonds is 4. The zero-order valence-electron chi connectivity index (χ0n) is 14.1. The van der Waals surface area contributed by atoms with E-state index in [1.165, 1.54) is 0 Å². The van der Waals surface area contributed by atoms with Crippen LogP contribution in [0.1, 0.15) is 57.1 Å². The summed E-state index contributed by atoms with van der Waals surface area (Å²) in [6, 6.07) is 7.77. The van der Waals surface area contributed by atoms with Crippen LogP contribution in [-0.2, 0) is 9.59 Å². The molecule has 1 unspecified atom stereocenters. The van der Waals surface area contributed by atoms with Crippen LogP contribution in [0.4, 0.5) is 5.69 Å². The summed E-state index contributed by atoms with van der Waals surface area (Å²) in [6.45, 7) is 2.76. The number of nitrogens with two attached hydrogens (primary N) is 1. The molecule has 1 aliphatic heterocycles. The molecule has 0 spiro atoms. The molecule has 24 heavy (non-hydrogen) atoms. The third-order valence-corrected chi connectivity index (χ3v) is 5.07. The summed E-state index contributed by atoms with van der Waals surface area (Å²) in [7, 11) is 0. The van der Waals surface area contributed by atoms with Crippen LogP contribution in [0.25, 0.3) is 0 Å². The van der Waals surface area contributed by atoms with Gasteiger partial charge in [0.2, 0.25) is 11.8 Å². The molecule has 5 nitrogen and oxygen atoms in total. The van der Waals surface area contributed by atoms with E-state index in [9.17, 15) is 9.59 Å². The minimum Gasteiger partial charge on any atom is -0.348 e. The molecule has 1 atom stereocenters. The van der Waals surface area contributed by atoms with E-state index in [1.54, 1.807) is 0 Å². The number of benzene rings is 1. The van der Waals surface area contributed by atoms with Crippen molar-refractivity contribution in [3.63, 3.8) is 0 Å². The lowest BCUT2D eigenvalue weighted by molar-refractivity contribution is -0.126. The molecule has 0 aromatic heterocycles. The summed E-state index contributed by atoms with van der Waals surface area (Å²) < 4.78 is 0. The highest BCUT2D eigenvalue weighted by Crippen LogP contribution is 2.28. The molecule has 2 fully saturated rings. The molecule has 2 amide bonds. The second kappa shape index (κ2) is 7.53. The largest absolute Gasteiger partial charge is 0.348 e. The van der Waals surface area contributed by atoms with Crippen molar-refractivity contribution in [2.45, 2.75) is 57.0 Å². The van der Waals surface area contributed by atoms with Gasteiger partial charge in [0, 0.05) is 18.7 Å². The SMILES string of the molecule is CC(NC(=O)C1(N)CCCC1)c1ccc(N2CCCC2=O)cc1.Cl. The molecule has 0 bridgehead atoms. The predicted molar refractivity (Wildman–Crippen MR) is 97.2 cm³/mol. The van der Waals surface area contributed by atoms with E-state index in [1.807, 2.05) is 36.1 Å². The third-order valence-electron chi connectivity index (χ3n) is 5.07. The first-order chi connectivity index (χ1) is 11.0. The summed E-state index contributed by atoms with van der Waals surface area (Å²) in [4.78, 5) is 26.0. The zero-order valence-corrected chi connectivity index (χ0v) is 14.9. The first-order valence-corrected chi connectivity index (χ1v) is 8.50. The number of carbonyl (C=O) groups is 2. The maximum Gasteiger partial charge on any atom is 0.240 e. The van der Waals surface area contributed by atoms with Crippen molar-refractivity contribution in [1.29, 1.82) is 0 Å². The standard InChI is InChI=1S/C18H25N3O2.ClH/c1-13(20-17(23)18(19)10-2-3-11-18)14-6-8-15(9-7-14)21-12-4-5-16(21)22;/h6-9,13H,2-5,10-12,19H2,1H3,(H,20,23);1H. The van der Waals surface area contributed by atoms with Crippen molar-refractivity contribution in [3.8, 4) is 0 Å². The average Bonchev–Trinajstić information content (AvgIpc) is 3.17. The summed E-state index contributed by atoms with van der Waals surface area (Å²) >= 11 is 0. The molecule has 1 saturated carbocycles. The molecular weight excluding hydrogens is 326 g/mol. The van der Waals surface area contributed by atoms with E-state index in [0.717, 1.165) is 49.9 Å². The van der Waals surface area contributed by atoms with Gasteiger partial charge in [0.25, 0.3) is 0 Å². The van der Waals surface area contributed by atoms with Crippen LogP contribution < -0.4 is 16.0 Å². The molecule has 3 rings (SSSR count). The Morgan fingerprint density at radius 2 is 1.83 bits per heavy atom. The molecule has 6 heteroatoms. The number of hydrogen-bond acceptors (Lipinski definition) is 3. The van der Waals surface area contributed by atoms with E-state index in [4.69, 9.17) is 5.73 Å². The monoisotopic (exact) mass is 351 g/mol. The highest BCUT2D eigenvalue weighted by atomic mass is 35.5. The van der Waals surface area contributed by atoms with Crippen LogP contribution in [0.3, 0.4) is 0 Å². The lowest BCUT2D eigenvalue weighted by Gasteiger charge is -2.25. The van der Waals surface area contributed by atoms with Crippen LogP contribution in [0.2, 0.25) is 0 Å². The number of amides is 2. The van der Waals surface area contributed by atoms with Gasteiger partial charge in [0.05, 0.1) is 11.6 Å². The molecule has 1 aliphatic carbocycles. The first-order valence-electron chi connectivity index (χ1n) is 8.50. The predicted octanol–water partition coefficient (Wildman–Crippen LogP) is 2.68. The average molecular weight is 352 g/mol. The van der Waals surface area contributed by atoms with Gasteiger partial charge < -0.3 is 16.0 Å². The van der Waals surface area contributed by atoms with E-state index in [0.29, 0.717) is 6.42 Å². The van der Waals surface area contributed by atoms with Gasteiger partial charge in [-0.2, -0.15) is 0 Å². The maximum atomic E-state index is 12.4. The Kier molecular flexibility index (Phi) is 5.88. The Balaban J connectivity index is 0.00000208. The number of carbonyl (C=O) groups excluding carboxylic acids is 2.